The quantitative estimate of drug-likeness (QED) is 0.173. The molecule has 3 heterocycles. The molecule has 0 unspecified atom stereocenters. The van der Waals surface area contributed by atoms with Gasteiger partial charge in [0.25, 0.3) is 6.71 Å². The van der Waals surface area contributed by atoms with Crippen LogP contribution in [-0.2, 0) is 16.2 Å². The standard InChI is InChI=1S/C47H45BN2/c1-45(2,3)30-21-24-34(25-22-30)49-40-26-23-32(46(4,5)6)27-38(40)48-37-19-14-18-36-35-17-12-13-20-39(35)50(44(36)37)42-29-33(28-41(49)43(42)48)47(7,8)31-15-10-9-11-16-31/h9-29H,1-8H3. The summed E-state index contributed by atoms with van der Waals surface area (Å²) in [6.07, 6.45) is 0. The molecule has 0 saturated carbocycles. The minimum absolute atomic E-state index is 0.0243. The monoisotopic (exact) mass is 648 g/mol. The smallest absolute Gasteiger partial charge is 0.252 e. The van der Waals surface area contributed by atoms with Crippen molar-refractivity contribution in [3.8, 4) is 5.69 Å². The summed E-state index contributed by atoms with van der Waals surface area (Å²) in [7, 11) is 0. The maximum absolute atomic E-state index is 2.58. The van der Waals surface area contributed by atoms with E-state index in [1.165, 1.54) is 83.2 Å². The first-order valence-electron chi connectivity index (χ1n) is 18.2. The Bertz CT molecular complexity index is 2470. The molecule has 0 N–H and O–H groups in total. The zero-order valence-electron chi connectivity index (χ0n) is 30.6. The Kier molecular flexibility index (Phi) is 6.51. The zero-order valence-corrected chi connectivity index (χ0v) is 30.6. The number of para-hydroxylation sites is 2. The average molecular weight is 649 g/mol. The lowest BCUT2D eigenvalue weighted by Gasteiger charge is -2.42. The van der Waals surface area contributed by atoms with Crippen LogP contribution in [0, 0.1) is 0 Å². The third-order valence-electron chi connectivity index (χ3n) is 11.6. The normalized spacial score (nSPS) is 13.9. The Hall–Kier alpha value is -5.02. The number of rotatable bonds is 3. The Morgan fingerprint density at radius 3 is 1.82 bits per heavy atom. The van der Waals surface area contributed by atoms with E-state index in [-0.39, 0.29) is 23.0 Å². The molecule has 246 valence electrons. The SMILES string of the molecule is CC(C)(C)c1ccc(N2c3ccc(C(C)(C)C)cc3B3c4c2cc(C(C)(C)c2ccccc2)cc4-n2c4ccccc4c4cccc3c42)cc1. The number of fused-ring (bicyclic) bond motifs is 7. The second-order valence-corrected chi connectivity index (χ2v) is 17.1. The predicted molar refractivity (Wildman–Crippen MR) is 216 cm³/mol. The fourth-order valence-electron chi connectivity index (χ4n) is 8.65. The highest BCUT2D eigenvalue weighted by molar-refractivity contribution is 7.00. The molecule has 0 bridgehead atoms. The lowest BCUT2D eigenvalue weighted by atomic mass is 9.33. The van der Waals surface area contributed by atoms with E-state index in [2.05, 4.69) is 192 Å². The van der Waals surface area contributed by atoms with Crippen LogP contribution in [0.4, 0.5) is 17.1 Å². The van der Waals surface area contributed by atoms with Crippen LogP contribution in [0.15, 0.2) is 127 Å². The maximum atomic E-state index is 2.58. The average Bonchev–Trinajstić information content (AvgIpc) is 3.44. The van der Waals surface area contributed by atoms with Gasteiger partial charge in [-0.15, -0.1) is 0 Å². The minimum Gasteiger partial charge on any atom is -0.311 e. The summed E-state index contributed by atoms with van der Waals surface area (Å²) in [5.41, 5.74) is 17.0. The number of benzene rings is 6. The highest BCUT2D eigenvalue weighted by Gasteiger charge is 2.43. The summed E-state index contributed by atoms with van der Waals surface area (Å²) in [5.74, 6) is 0. The van der Waals surface area contributed by atoms with Crippen LogP contribution in [-0.4, -0.2) is 11.3 Å². The molecule has 2 nitrogen and oxygen atoms in total. The van der Waals surface area contributed by atoms with Crippen molar-refractivity contribution in [1.82, 2.24) is 4.57 Å². The third-order valence-corrected chi connectivity index (χ3v) is 11.6. The highest BCUT2D eigenvalue weighted by atomic mass is 15.2. The molecule has 0 fully saturated rings. The predicted octanol–water partition coefficient (Wildman–Crippen LogP) is 10.3. The van der Waals surface area contributed by atoms with Gasteiger partial charge in [-0.1, -0.05) is 146 Å². The number of nitrogens with zero attached hydrogens (tertiary/aromatic N) is 2. The van der Waals surface area contributed by atoms with Crippen molar-refractivity contribution in [2.45, 2.75) is 71.6 Å². The van der Waals surface area contributed by atoms with Gasteiger partial charge >= 0.3 is 0 Å². The van der Waals surface area contributed by atoms with Crippen molar-refractivity contribution in [3.05, 3.63) is 150 Å². The molecule has 7 aromatic rings. The summed E-state index contributed by atoms with van der Waals surface area (Å²) in [5, 5.41) is 2.63. The van der Waals surface area contributed by atoms with Crippen LogP contribution in [0.5, 0.6) is 0 Å². The lowest BCUT2D eigenvalue weighted by molar-refractivity contribution is 0.590. The van der Waals surface area contributed by atoms with Gasteiger partial charge in [-0.3, -0.25) is 0 Å². The Labute approximate surface area is 297 Å². The fourth-order valence-corrected chi connectivity index (χ4v) is 8.65. The molecular formula is C47H45BN2. The molecule has 3 heteroatoms. The van der Waals surface area contributed by atoms with E-state index in [1.807, 2.05) is 0 Å². The van der Waals surface area contributed by atoms with Crippen LogP contribution in [0.1, 0.15) is 77.6 Å². The lowest BCUT2D eigenvalue weighted by Crippen LogP contribution is -2.60. The second-order valence-electron chi connectivity index (χ2n) is 17.1. The van der Waals surface area contributed by atoms with E-state index in [0.717, 1.165) is 0 Å². The molecule has 2 aliphatic heterocycles. The summed E-state index contributed by atoms with van der Waals surface area (Å²) < 4.78 is 2.58. The topological polar surface area (TPSA) is 8.17 Å². The van der Waals surface area contributed by atoms with Gasteiger partial charge in [0.05, 0.1) is 5.52 Å². The van der Waals surface area contributed by atoms with Gasteiger partial charge < -0.3 is 9.47 Å². The molecule has 0 amide bonds. The van der Waals surface area contributed by atoms with Gasteiger partial charge in [0.2, 0.25) is 0 Å². The van der Waals surface area contributed by atoms with Crippen molar-refractivity contribution in [1.29, 1.82) is 0 Å². The molecule has 2 aliphatic rings. The van der Waals surface area contributed by atoms with Crippen LogP contribution in [0.2, 0.25) is 0 Å². The van der Waals surface area contributed by atoms with Crippen molar-refractivity contribution in [3.63, 3.8) is 0 Å². The largest absolute Gasteiger partial charge is 0.311 e. The molecule has 6 aromatic carbocycles. The van der Waals surface area contributed by atoms with E-state index >= 15 is 0 Å². The van der Waals surface area contributed by atoms with Gasteiger partial charge in [-0.05, 0) is 85.9 Å². The van der Waals surface area contributed by atoms with Crippen LogP contribution >= 0.6 is 0 Å². The molecule has 0 aliphatic carbocycles. The van der Waals surface area contributed by atoms with Gasteiger partial charge in [0.1, 0.15) is 0 Å². The van der Waals surface area contributed by atoms with E-state index in [9.17, 15) is 0 Å². The molecule has 0 spiro atoms. The van der Waals surface area contributed by atoms with Crippen LogP contribution < -0.4 is 21.3 Å². The van der Waals surface area contributed by atoms with Crippen molar-refractivity contribution in [2.75, 3.05) is 4.90 Å². The molecular weight excluding hydrogens is 603 g/mol. The first-order valence-corrected chi connectivity index (χ1v) is 18.2. The van der Waals surface area contributed by atoms with Gasteiger partial charge in [0, 0.05) is 44.5 Å². The molecule has 0 atom stereocenters. The summed E-state index contributed by atoms with van der Waals surface area (Å²) >= 11 is 0. The van der Waals surface area contributed by atoms with E-state index in [0.29, 0.717) is 0 Å². The number of hydrogen-bond acceptors (Lipinski definition) is 1. The Morgan fingerprint density at radius 2 is 1.10 bits per heavy atom. The highest BCUT2D eigenvalue weighted by Crippen LogP contribution is 2.45. The Balaban J connectivity index is 1.44. The number of hydrogen-bond donors (Lipinski definition) is 0. The van der Waals surface area contributed by atoms with Gasteiger partial charge in [-0.25, -0.2) is 0 Å². The second kappa shape index (κ2) is 10.5. The summed E-state index contributed by atoms with van der Waals surface area (Å²) in [4.78, 5) is 2.56. The van der Waals surface area contributed by atoms with Gasteiger partial charge in [0.15, 0.2) is 0 Å². The molecule has 0 radical (unpaired) electrons. The molecule has 1 aromatic heterocycles. The van der Waals surface area contributed by atoms with Crippen LogP contribution in [0.3, 0.4) is 0 Å². The zero-order chi connectivity index (χ0) is 34.7. The summed E-state index contributed by atoms with van der Waals surface area (Å²) in [6, 6.07) is 48.6. The van der Waals surface area contributed by atoms with E-state index < -0.39 is 0 Å². The number of anilines is 3. The molecule has 0 saturated heterocycles. The number of aromatic nitrogens is 1. The first kappa shape index (κ1) is 31.0. The van der Waals surface area contributed by atoms with Crippen molar-refractivity contribution >= 4 is 62.0 Å². The first-order chi connectivity index (χ1) is 23.8. The maximum Gasteiger partial charge on any atom is 0.252 e. The van der Waals surface area contributed by atoms with Crippen molar-refractivity contribution in [2.24, 2.45) is 0 Å². The van der Waals surface area contributed by atoms with E-state index in [1.54, 1.807) is 0 Å². The third kappa shape index (κ3) is 4.42. The molecule has 9 rings (SSSR count). The minimum atomic E-state index is -0.223. The molecule has 50 heavy (non-hydrogen) atoms. The summed E-state index contributed by atoms with van der Waals surface area (Å²) in [6.45, 7) is 18.7. The van der Waals surface area contributed by atoms with E-state index in [4.69, 9.17) is 0 Å². The van der Waals surface area contributed by atoms with Gasteiger partial charge in [-0.2, -0.15) is 0 Å². The van der Waals surface area contributed by atoms with Crippen LogP contribution in [0.25, 0.3) is 27.5 Å². The fraction of sp³-hybridized carbons (Fsp3) is 0.234. The Morgan fingerprint density at radius 1 is 0.460 bits per heavy atom. The van der Waals surface area contributed by atoms with Crippen molar-refractivity contribution < 1.29 is 0 Å².